The zero-order valence-electron chi connectivity index (χ0n) is 16.1. The summed E-state index contributed by atoms with van der Waals surface area (Å²) in [7, 11) is -3.81. The van der Waals surface area contributed by atoms with Crippen LogP contribution >= 0.6 is 0 Å². The van der Waals surface area contributed by atoms with E-state index in [1.165, 1.54) is 16.6 Å². The van der Waals surface area contributed by atoms with Crippen molar-refractivity contribution in [3.05, 3.63) is 24.4 Å². The summed E-state index contributed by atoms with van der Waals surface area (Å²) in [5.74, 6) is -0.0871. The topological polar surface area (TPSA) is 126 Å². The van der Waals surface area contributed by atoms with Crippen molar-refractivity contribution in [2.45, 2.75) is 56.8 Å². The van der Waals surface area contributed by atoms with Gasteiger partial charge in [0.2, 0.25) is 5.91 Å². The summed E-state index contributed by atoms with van der Waals surface area (Å²) in [4.78, 5) is 16.2. The van der Waals surface area contributed by atoms with Gasteiger partial charge < -0.3 is 16.2 Å². The highest BCUT2D eigenvalue weighted by Crippen LogP contribution is 2.23. The molecule has 0 saturated carbocycles. The number of aromatic nitrogens is 1. The molecule has 1 amide bonds. The molecule has 1 fully saturated rings. The molecule has 0 aromatic carbocycles. The number of hydrogen-bond acceptors (Lipinski definition) is 6. The number of amides is 1. The van der Waals surface area contributed by atoms with E-state index in [1.807, 2.05) is 20.8 Å². The van der Waals surface area contributed by atoms with E-state index in [1.54, 1.807) is 12.1 Å². The second-order valence-corrected chi connectivity index (χ2v) is 9.63. The van der Waals surface area contributed by atoms with E-state index in [0.717, 1.165) is 0 Å². The van der Waals surface area contributed by atoms with Crippen molar-refractivity contribution < 1.29 is 18.3 Å². The molecule has 0 radical (unpaired) electrons. The standard InChI is InChI=1S/C18H30N4O4S/c1-12(2)8-14(19)18(24)21-15-9-13(3)10-22(11-16(15)23)27(25,26)17-6-4-5-7-20-17/h4-7,12-16,23H,8-11,19H2,1-3H3,(H,21,24)/t13-,14+,15-,16-/m1/s1. The van der Waals surface area contributed by atoms with Crippen LogP contribution in [0.3, 0.4) is 0 Å². The largest absolute Gasteiger partial charge is 0.390 e. The Morgan fingerprint density at radius 1 is 1.41 bits per heavy atom. The first-order valence-corrected chi connectivity index (χ1v) is 10.7. The van der Waals surface area contributed by atoms with Crippen LogP contribution in [0.2, 0.25) is 0 Å². The molecule has 0 spiro atoms. The second-order valence-electron chi connectivity index (χ2n) is 7.75. The van der Waals surface area contributed by atoms with Crippen LogP contribution in [0.25, 0.3) is 0 Å². The highest BCUT2D eigenvalue weighted by Gasteiger charge is 2.36. The summed E-state index contributed by atoms with van der Waals surface area (Å²) in [5.41, 5.74) is 5.92. The predicted molar refractivity (Wildman–Crippen MR) is 102 cm³/mol. The lowest BCUT2D eigenvalue weighted by atomic mass is 9.98. The van der Waals surface area contributed by atoms with Crippen LogP contribution in [-0.2, 0) is 14.8 Å². The quantitative estimate of drug-likeness (QED) is 0.634. The minimum atomic E-state index is -3.81. The fourth-order valence-corrected chi connectivity index (χ4v) is 4.82. The molecule has 1 aromatic heterocycles. The van der Waals surface area contributed by atoms with Gasteiger partial charge >= 0.3 is 0 Å². The van der Waals surface area contributed by atoms with Gasteiger partial charge in [-0.25, -0.2) is 13.4 Å². The Hall–Kier alpha value is -1.55. The third kappa shape index (κ3) is 5.71. The first-order chi connectivity index (χ1) is 12.6. The number of rotatable bonds is 6. The number of aliphatic hydroxyl groups excluding tert-OH is 1. The molecule has 0 unspecified atom stereocenters. The highest BCUT2D eigenvalue weighted by atomic mass is 32.2. The minimum absolute atomic E-state index is 0.0488. The molecule has 0 bridgehead atoms. The number of hydrogen-bond donors (Lipinski definition) is 3. The molecule has 1 aliphatic heterocycles. The zero-order valence-corrected chi connectivity index (χ0v) is 16.9. The van der Waals surface area contributed by atoms with Crippen LogP contribution in [0.1, 0.15) is 33.6 Å². The Bertz CT molecular complexity index is 726. The maximum atomic E-state index is 12.8. The number of β-amino-alcohol motifs (C(OH)–C–C–N with tert-alkyl or cyclic N) is 1. The number of nitrogens with two attached hydrogens (primary N) is 1. The number of carbonyl (C=O) groups excluding carboxylic acids is 1. The number of carbonyl (C=O) groups is 1. The number of nitrogens with zero attached hydrogens (tertiary/aromatic N) is 2. The van der Waals surface area contributed by atoms with Gasteiger partial charge in [0.25, 0.3) is 10.0 Å². The monoisotopic (exact) mass is 398 g/mol. The van der Waals surface area contributed by atoms with Gasteiger partial charge in [-0.15, -0.1) is 0 Å². The van der Waals surface area contributed by atoms with E-state index >= 15 is 0 Å². The SMILES string of the molecule is CC(C)C[C@H](N)C(=O)N[C@@H]1C[C@@H](C)CN(S(=O)(=O)c2ccccn2)C[C@H]1O. The summed E-state index contributed by atoms with van der Waals surface area (Å²) in [6.45, 7) is 6.01. The molecule has 9 heteroatoms. The third-order valence-corrected chi connectivity index (χ3v) is 6.41. The molecule has 2 rings (SSSR count). The molecule has 1 aromatic rings. The smallest absolute Gasteiger partial charge is 0.260 e. The summed E-state index contributed by atoms with van der Waals surface area (Å²) in [6.07, 6.45) is 1.41. The average molecular weight is 399 g/mol. The molecular weight excluding hydrogens is 368 g/mol. The van der Waals surface area contributed by atoms with Gasteiger partial charge in [0.15, 0.2) is 5.03 Å². The van der Waals surface area contributed by atoms with E-state index < -0.39 is 28.2 Å². The van der Waals surface area contributed by atoms with E-state index in [0.29, 0.717) is 12.8 Å². The minimum Gasteiger partial charge on any atom is -0.390 e. The lowest BCUT2D eigenvalue weighted by Crippen LogP contribution is -2.51. The van der Waals surface area contributed by atoms with Crippen molar-refractivity contribution in [3.63, 3.8) is 0 Å². The molecule has 2 heterocycles. The Morgan fingerprint density at radius 3 is 2.70 bits per heavy atom. The van der Waals surface area contributed by atoms with Gasteiger partial charge in [-0.2, -0.15) is 4.31 Å². The molecule has 4 atom stereocenters. The summed E-state index contributed by atoms with van der Waals surface area (Å²) in [5, 5.41) is 13.3. The summed E-state index contributed by atoms with van der Waals surface area (Å²) < 4.78 is 26.9. The maximum Gasteiger partial charge on any atom is 0.260 e. The summed E-state index contributed by atoms with van der Waals surface area (Å²) in [6, 6.07) is 3.49. The van der Waals surface area contributed by atoms with Crippen LogP contribution in [-0.4, -0.2) is 60.0 Å². The Labute approximate surface area is 161 Å². The fourth-order valence-electron chi connectivity index (χ4n) is 3.31. The highest BCUT2D eigenvalue weighted by molar-refractivity contribution is 7.89. The van der Waals surface area contributed by atoms with Crippen LogP contribution in [0.15, 0.2) is 29.4 Å². The van der Waals surface area contributed by atoms with Gasteiger partial charge in [0.1, 0.15) is 0 Å². The second kappa shape index (κ2) is 9.09. The van der Waals surface area contributed by atoms with Crippen molar-refractivity contribution in [2.75, 3.05) is 13.1 Å². The molecule has 0 aliphatic carbocycles. The molecule has 152 valence electrons. The molecule has 4 N–H and O–H groups in total. The van der Waals surface area contributed by atoms with Crippen molar-refractivity contribution in [3.8, 4) is 0 Å². The lowest BCUT2D eigenvalue weighted by molar-refractivity contribution is -0.124. The van der Waals surface area contributed by atoms with Crippen LogP contribution < -0.4 is 11.1 Å². The van der Waals surface area contributed by atoms with E-state index in [4.69, 9.17) is 5.73 Å². The molecule has 27 heavy (non-hydrogen) atoms. The number of pyridine rings is 1. The van der Waals surface area contributed by atoms with Gasteiger partial charge in [-0.3, -0.25) is 4.79 Å². The Morgan fingerprint density at radius 2 is 2.11 bits per heavy atom. The van der Waals surface area contributed by atoms with Gasteiger partial charge in [-0.05, 0) is 36.8 Å². The number of sulfonamides is 1. The lowest BCUT2D eigenvalue weighted by Gasteiger charge is -2.26. The molecule has 1 aliphatic rings. The van der Waals surface area contributed by atoms with E-state index in [2.05, 4.69) is 10.3 Å². The third-order valence-electron chi connectivity index (χ3n) is 4.66. The Kier molecular flexibility index (Phi) is 7.32. The van der Waals surface area contributed by atoms with Gasteiger partial charge in [0, 0.05) is 19.3 Å². The Balaban J connectivity index is 2.12. The normalized spacial score (nSPS) is 25.8. The van der Waals surface area contributed by atoms with Crippen molar-refractivity contribution in [1.29, 1.82) is 0 Å². The van der Waals surface area contributed by atoms with Gasteiger partial charge in [0.05, 0.1) is 18.2 Å². The predicted octanol–water partition coefficient (Wildman–Crippen LogP) is 0.331. The fraction of sp³-hybridized carbons (Fsp3) is 0.667. The van der Waals surface area contributed by atoms with E-state index in [9.17, 15) is 18.3 Å². The van der Waals surface area contributed by atoms with Crippen molar-refractivity contribution >= 4 is 15.9 Å². The average Bonchev–Trinajstić information content (AvgIpc) is 2.74. The number of aliphatic hydroxyl groups is 1. The van der Waals surface area contributed by atoms with Crippen LogP contribution in [0.4, 0.5) is 0 Å². The molecule has 8 nitrogen and oxygen atoms in total. The summed E-state index contributed by atoms with van der Waals surface area (Å²) >= 11 is 0. The van der Waals surface area contributed by atoms with Crippen LogP contribution in [0, 0.1) is 11.8 Å². The first kappa shape index (κ1) is 21.7. The van der Waals surface area contributed by atoms with Crippen molar-refractivity contribution in [2.24, 2.45) is 17.6 Å². The van der Waals surface area contributed by atoms with Crippen LogP contribution in [0.5, 0.6) is 0 Å². The zero-order chi connectivity index (χ0) is 20.2. The number of nitrogens with one attached hydrogen (secondary N) is 1. The van der Waals surface area contributed by atoms with Crippen molar-refractivity contribution in [1.82, 2.24) is 14.6 Å². The first-order valence-electron chi connectivity index (χ1n) is 9.26. The maximum absolute atomic E-state index is 12.8. The van der Waals surface area contributed by atoms with Gasteiger partial charge in [-0.1, -0.05) is 26.8 Å². The molecular formula is C18H30N4O4S. The van der Waals surface area contributed by atoms with E-state index in [-0.39, 0.29) is 35.9 Å². The molecule has 1 saturated heterocycles.